The molecule has 0 unspecified atom stereocenters. The maximum atomic E-state index is 12.9. The highest BCUT2D eigenvalue weighted by molar-refractivity contribution is 6.01. The summed E-state index contributed by atoms with van der Waals surface area (Å²) in [6.07, 6.45) is 2.27. The van der Waals surface area contributed by atoms with Crippen LogP contribution in [-0.2, 0) is 17.9 Å². The number of hydrogen-bond acceptors (Lipinski definition) is 4. The van der Waals surface area contributed by atoms with E-state index in [1.54, 1.807) is 11.0 Å². The minimum atomic E-state index is -0.341. The summed E-state index contributed by atoms with van der Waals surface area (Å²) >= 11 is 0. The van der Waals surface area contributed by atoms with Crippen LogP contribution >= 0.6 is 0 Å². The number of rotatable bonds is 6. The van der Waals surface area contributed by atoms with Gasteiger partial charge in [-0.2, -0.15) is 0 Å². The molecular weight excluding hydrogens is 366 g/mol. The summed E-state index contributed by atoms with van der Waals surface area (Å²) in [4.78, 5) is 32.0. The van der Waals surface area contributed by atoms with Crippen molar-refractivity contribution in [3.63, 3.8) is 0 Å². The fraction of sp³-hybridized carbons (Fsp3) is 0.261. The van der Waals surface area contributed by atoms with Crippen molar-refractivity contribution in [3.8, 4) is 0 Å². The second-order valence-corrected chi connectivity index (χ2v) is 7.25. The van der Waals surface area contributed by atoms with Crippen molar-refractivity contribution >= 4 is 28.0 Å². The van der Waals surface area contributed by atoms with E-state index in [2.05, 4.69) is 4.98 Å². The second-order valence-electron chi connectivity index (χ2n) is 7.25. The van der Waals surface area contributed by atoms with Gasteiger partial charge in [-0.3, -0.25) is 14.2 Å². The SMILES string of the molecule is CCCN(Cc1ccc(C)cc1)C(=O)Cn1cnc2c(oc3ccccc32)c1=O. The lowest BCUT2D eigenvalue weighted by Gasteiger charge is -2.22. The van der Waals surface area contributed by atoms with Crippen LogP contribution in [0.4, 0.5) is 0 Å². The molecule has 2 aromatic carbocycles. The van der Waals surface area contributed by atoms with E-state index >= 15 is 0 Å². The zero-order valence-electron chi connectivity index (χ0n) is 16.6. The average Bonchev–Trinajstić information content (AvgIpc) is 3.11. The number of carbonyl (C=O) groups is 1. The molecule has 0 radical (unpaired) electrons. The molecule has 6 nitrogen and oxygen atoms in total. The summed E-state index contributed by atoms with van der Waals surface area (Å²) in [6.45, 7) is 5.14. The standard InChI is InChI=1S/C23H23N3O3/c1-3-12-25(13-17-10-8-16(2)9-11-17)20(27)14-26-15-24-21-18-6-4-5-7-19(18)29-22(21)23(26)28/h4-11,15H,3,12-14H2,1-2H3. The van der Waals surface area contributed by atoms with Crippen LogP contribution in [-0.4, -0.2) is 26.9 Å². The van der Waals surface area contributed by atoms with Crippen LogP contribution in [0.3, 0.4) is 0 Å². The highest BCUT2D eigenvalue weighted by Gasteiger charge is 2.18. The molecule has 0 bridgehead atoms. The average molecular weight is 389 g/mol. The highest BCUT2D eigenvalue weighted by Crippen LogP contribution is 2.24. The molecule has 4 aromatic rings. The number of furan rings is 1. The summed E-state index contributed by atoms with van der Waals surface area (Å²) in [7, 11) is 0. The third kappa shape index (κ3) is 3.78. The zero-order valence-corrected chi connectivity index (χ0v) is 16.6. The lowest BCUT2D eigenvalue weighted by atomic mass is 10.1. The fourth-order valence-corrected chi connectivity index (χ4v) is 3.45. The van der Waals surface area contributed by atoms with Gasteiger partial charge in [0.15, 0.2) is 0 Å². The quantitative estimate of drug-likeness (QED) is 0.502. The van der Waals surface area contributed by atoms with Crippen molar-refractivity contribution in [1.82, 2.24) is 14.5 Å². The minimum absolute atomic E-state index is 0.0648. The van der Waals surface area contributed by atoms with Crippen molar-refractivity contribution in [2.45, 2.75) is 33.4 Å². The topological polar surface area (TPSA) is 68.3 Å². The maximum absolute atomic E-state index is 12.9. The van der Waals surface area contributed by atoms with Gasteiger partial charge in [-0.15, -0.1) is 0 Å². The first-order chi connectivity index (χ1) is 14.1. The number of aryl methyl sites for hydroxylation is 1. The van der Waals surface area contributed by atoms with Gasteiger partial charge < -0.3 is 9.32 Å². The second kappa shape index (κ2) is 7.91. The van der Waals surface area contributed by atoms with Crippen LogP contribution < -0.4 is 5.56 Å². The van der Waals surface area contributed by atoms with Crippen LogP contribution in [0, 0.1) is 6.92 Å². The molecule has 0 aliphatic heterocycles. The monoisotopic (exact) mass is 389 g/mol. The van der Waals surface area contributed by atoms with E-state index < -0.39 is 0 Å². The van der Waals surface area contributed by atoms with Gasteiger partial charge >= 0.3 is 0 Å². The molecule has 2 heterocycles. The van der Waals surface area contributed by atoms with E-state index in [0.29, 0.717) is 24.2 Å². The molecule has 0 saturated carbocycles. The molecule has 0 N–H and O–H groups in total. The van der Waals surface area contributed by atoms with Crippen LogP contribution in [0.25, 0.3) is 22.1 Å². The first-order valence-corrected chi connectivity index (χ1v) is 9.77. The van der Waals surface area contributed by atoms with Crippen LogP contribution in [0.1, 0.15) is 24.5 Å². The van der Waals surface area contributed by atoms with Gasteiger partial charge in [-0.25, -0.2) is 4.98 Å². The van der Waals surface area contributed by atoms with Crippen molar-refractivity contribution in [2.75, 3.05) is 6.54 Å². The molecule has 0 aliphatic rings. The summed E-state index contributed by atoms with van der Waals surface area (Å²) in [5.41, 5.74) is 3.23. The molecule has 4 rings (SSSR count). The molecule has 0 saturated heterocycles. The molecule has 0 aliphatic carbocycles. The predicted molar refractivity (Wildman–Crippen MR) is 113 cm³/mol. The molecule has 148 valence electrons. The van der Waals surface area contributed by atoms with Crippen molar-refractivity contribution in [3.05, 3.63) is 76.3 Å². The summed E-state index contributed by atoms with van der Waals surface area (Å²) < 4.78 is 7.02. The molecule has 0 spiro atoms. The Kier molecular flexibility index (Phi) is 5.16. The minimum Gasteiger partial charge on any atom is -0.448 e. The lowest BCUT2D eigenvalue weighted by molar-refractivity contribution is -0.132. The normalized spacial score (nSPS) is 11.2. The molecular formula is C23H23N3O3. The van der Waals surface area contributed by atoms with Gasteiger partial charge in [0.1, 0.15) is 17.6 Å². The number of amides is 1. The van der Waals surface area contributed by atoms with Gasteiger partial charge in [0, 0.05) is 18.5 Å². The van der Waals surface area contributed by atoms with Crippen LogP contribution in [0.2, 0.25) is 0 Å². The number of benzene rings is 2. The summed E-state index contributed by atoms with van der Waals surface area (Å²) in [5.74, 6) is -0.119. The summed E-state index contributed by atoms with van der Waals surface area (Å²) in [6, 6.07) is 15.5. The number of carbonyl (C=O) groups excluding carboxylic acids is 1. The number of hydrogen-bond donors (Lipinski definition) is 0. The van der Waals surface area contributed by atoms with Gasteiger partial charge in [0.2, 0.25) is 11.5 Å². The molecule has 1 amide bonds. The first kappa shape index (κ1) is 18.9. The number of para-hydroxylation sites is 1. The fourth-order valence-electron chi connectivity index (χ4n) is 3.45. The maximum Gasteiger partial charge on any atom is 0.297 e. The van der Waals surface area contributed by atoms with Crippen LogP contribution in [0.5, 0.6) is 0 Å². The Bertz CT molecular complexity index is 1220. The Morgan fingerprint density at radius 2 is 1.90 bits per heavy atom. The smallest absolute Gasteiger partial charge is 0.297 e. The molecule has 29 heavy (non-hydrogen) atoms. The van der Waals surface area contributed by atoms with E-state index in [-0.39, 0.29) is 23.6 Å². The first-order valence-electron chi connectivity index (χ1n) is 9.77. The molecule has 2 aromatic heterocycles. The Hall–Kier alpha value is -3.41. The van der Waals surface area contributed by atoms with E-state index in [1.807, 2.05) is 56.3 Å². The zero-order chi connectivity index (χ0) is 20.4. The van der Waals surface area contributed by atoms with Gasteiger partial charge in [-0.1, -0.05) is 48.9 Å². The van der Waals surface area contributed by atoms with Gasteiger partial charge in [-0.05, 0) is 31.0 Å². The third-order valence-corrected chi connectivity index (χ3v) is 5.00. The Labute approximate surface area is 168 Å². The molecule has 0 atom stereocenters. The molecule has 6 heteroatoms. The predicted octanol–water partition coefficient (Wildman–Crippen LogP) is 3.89. The van der Waals surface area contributed by atoms with Crippen molar-refractivity contribution in [1.29, 1.82) is 0 Å². The summed E-state index contributed by atoms with van der Waals surface area (Å²) in [5, 5.41) is 0.796. The van der Waals surface area contributed by atoms with E-state index in [1.165, 1.54) is 16.5 Å². The lowest BCUT2D eigenvalue weighted by Crippen LogP contribution is -2.36. The van der Waals surface area contributed by atoms with E-state index in [0.717, 1.165) is 17.4 Å². The van der Waals surface area contributed by atoms with Gasteiger partial charge in [0.05, 0.1) is 6.33 Å². The Morgan fingerprint density at radius 3 is 2.66 bits per heavy atom. The van der Waals surface area contributed by atoms with Crippen molar-refractivity contribution < 1.29 is 9.21 Å². The largest absolute Gasteiger partial charge is 0.448 e. The number of fused-ring (bicyclic) bond motifs is 3. The highest BCUT2D eigenvalue weighted by atomic mass is 16.3. The Balaban J connectivity index is 1.60. The number of aromatic nitrogens is 2. The van der Waals surface area contributed by atoms with E-state index in [9.17, 15) is 9.59 Å². The Morgan fingerprint density at radius 1 is 1.14 bits per heavy atom. The number of nitrogens with zero attached hydrogens (tertiary/aromatic N) is 3. The third-order valence-electron chi connectivity index (χ3n) is 5.00. The van der Waals surface area contributed by atoms with Crippen LogP contribution in [0.15, 0.2) is 64.1 Å². The molecule has 0 fully saturated rings. The van der Waals surface area contributed by atoms with Gasteiger partial charge in [0.25, 0.3) is 5.56 Å². The van der Waals surface area contributed by atoms with E-state index in [4.69, 9.17) is 4.42 Å². The van der Waals surface area contributed by atoms with Crippen molar-refractivity contribution in [2.24, 2.45) is 0 Å².